The van der Waals surface area contributed by atoms with Gasteiger partial charge in [0.05, 0.1) is 6.04 Å². The lowest BCUT2D eigenvalue weighted by molar-refractivity contribution is 0.566. The van der Waals surface area contributed by atoms with Crippen LogP contribution in [0.2, 0.25) is 0 Å². The minimum atomic E-state index is -0.558. The van der Waals surface area contributed by atoms with Crippen LogP contribution in [-0.2, 0) is 0 Å². The molecule has 0 saturated carbocycles. The second kappa shape index (κ2) is 6.06. The van der Waals surface area contributed by atoms with E-state index in [1.807, 2.05) is 37.4 Å². The van der Waals surface area contributed by atoms with Crippen LogP contribution in [0.3, 0.4) is 0 Å². The largest absolute Gasteiger partial charge is 0.378 e. The summed E-state index contributed by atoms with van der Waals surface area (Å²) in [6.07, 6.45) is 2.00. The van der Waals surface area contributed by atoms with Crippen LogP contribution in [0.15, 0.2) is 47.4 Å². The first-order valence-electron chi connectivity index (χ1n) is 5.95. The number of anilines is 1. The molecule has 0 saturated heterocycles. The Morgan fingerprint density at radius 3 is 2.58 bits per heavy atom. The van der Waals surface area contributed by atoms with E-state index in [1.165, 1.54) is 12.1 Å². The van der Waals surface area contributed by atoms with E-state index in [0.29, 0.717) is 5.56 Å². The minimum Gasteiger partial charge on any atom is -0.378 e. The van der Waals surface area contributed by atoms with Crippen LogP contribution in [-0.4, -0.2) is 6.26 Å². The van der Waals surface area contributed by atoms with Crippen molar-refractivity contribution in [2.24, 2.45) is 0 Å². The predicted octanol–water partition coefficient (Wildman–Crippen LogP) is 4.86. The fourth-order valence-electron chi connectivity index (χ4n) is 1.89. The van der Waals surface area contributed by atoms with Gasteiger partial charge in [0.15, 0.2) is 0 Å². The highest BCUT2D eigenvalue weighted by Gasteiger charge is 2.11. The first-order chi connectivity index (χ1) is 9.10. The van der Waals surface area contributed by atoms with Gasteiger partial charge in [0.25, 0.3) is 0 Å². The van der Waals surface area contributed by atoms with Gasteiger partial charge < -0.3 is 5.32 Å². The monoisotopic (exact) mass is 279 g/mol. The Balaban J connectivity index is 2.17. The summed E-state index contributed by atoms with van der Waals surface area (Å²) in [5.41, 5.74) is 1.37. The van der Waals surface area contributed by atoms with Crippen LogP contribution in [0.4, 0.5) is 14.5 Å². The van der Waals surface area contributed by atoms with Crippen LogP contribution in [0.25, 0.3) is 0 Å². The van der Waals surface area contributed by atoms with Gasteiger partial charge in [0.2, 0.25) is 0 Å². The summed E-state index contributed by atoms with van der Waals surface area (Å²) in [7, 11) is 0. The smallest absolute Gasteiger partial charge is 0.131 e. The molecule has 0 aliphatic heterocycles. The third-order valence-corrected chi connectivity index (χ3v) is 3.61. The molecule has 2 aromatic carbocycles. The molecule has 1 N–H and O–H groups in total. The van der Waals surface area contributed by atoms with Crippen molar-refractivity contribution < 1.29 is 8.78 Å². The number of rotatable bonds is 4. The number of hydrogen-bond acceptors (Lipinski definition) is 2. The van der Waals surface area contributed by atoms with Crippen molar-refractivity contribution in [3.8, 4) is 0 Å². The topological polar surface area (TPSA) is 12.0 Å². The van der Waals surface area contributed by atoms with E-state index in [9.17, 15) is 8.78 Å². The van der Waals surface area contributed by atoms with E-state index in [2.05, 4.69) is 5.32 Å². The van der Waals surface area contributed by atoms with Crippen molar-refractivity contribution in [2.45, 2.75) is 17.9 Å². The first-order valence-corrected chi connectivity index (χ1v) is 7.18. The Bertz CT molecular complexity index is 572. The van der Waals surface area contributed by atoms with Gasteiger partial charge >= 0.3 is 0 Å². The molecule has 1 nitrogen and oxygen atoms in total. The zero-order valence-corrected chi connectivity index (χ0v) is 11.6. The van der Waals surface area contributed by atoms with Gasteiger partial charge in [0, 0.05) is 22.2 Å². The maximum Gasteiger partial charge on any atom is 0.131 e. The Labute approximate surface area is 116 Å². The fourth-order valence-corrected chi connectivity index (χ4v) is 2.35. The van der Waals surface area contributed by atoms with Crippen molar-refractivity contribution in [3.05, 3.63) is 59.7 Å². The quantitative estimate of drug-likeness (QED) is 0.802. The molecule has 0 radical (unpaired) electrons. The molecule has 0 heterocycles. The SMILES string of the molecule is CSc1cccc(NC(C)c2ccc(F)cc2F)c1. The lowest BCUT2D eigenvalue weighted by atomic mass is 10.1. The van der Waals surface area contributed by atoms with Crippen molar-refractivity contribution in [1.29, 1.82) is 0 Å². The summed E-state index contributed by atoms with van der Waals surface area (Å²) >= 11 is 1.65. The van der Waals surface area contributed by atoms with Crippen LogP contribution < -0.4 is 5.32 Å². The van der Waals surface area contributed by atoms with Gasteiger partial charge in [-0.05, 0) is 37.4 Å². The Morgan fingerprint density at radius 2 is 1.89 bits per heavy atom. The third kappa shape index (κ3) is 3.47. The fraction of sp³-hybridized carbons (Fsp3) is 0.200. The number of thioether (sulfide) groups is 1. The maximum atomic E-state index is 13.7. The highest BCUT2D eigenvalue weighted by atomic mass is 32.2. The lowest BCUT2D eigenvalue weighted by Gasteiger charge is -2.17. The molecule has 19 heavy (non-hydrogen) atoms. The first kappa shape index (κ1) is 13.9. The van der Waals surface area contributed by atoms with Crippen LogP contribution in [0.5, 0.6) is 0 Å². The van der Waals surface area contributed by atoms with E-state index < -0.39 is 11.6 Å². The normalized spacial score (nSPS) is 12.2. The molecular formula is C15H15F2NS. The standard InChI is InChI=1S/C15H15F2NS/c1-10(14-7-6-11(16)8-15(14)17)18-12-4-3-5-13(9-12)19-2/h3-10,18H,1-2H3. The summed E-state index contributed by atoms with van der Waals surface area (Å²) in [6, 6.07) is 11.3. The van der Waals surface area contributed by atoms with E-state index >= 15 is 0 Å². The van der Waals surface area contributed by atoms with Crippen LogP contribution in [0.1, 0.15) is 18.5 Å². The summed E-state index contributed by atoms with van der Waals surface area (Å²) < 4.78 is 26.5. The number of benzene rings is 2. The molecule has 0 spiro atoms. The maximum absolute atomic E-state index is 13.7. The average molecular weight is 279 g/mol. The molecule has 1 atom stereocenters. The summed E-state index contributed by atoms with van der Waals surface area (Å²) in [4.78, 5) is 1.14. The van der Waals surface area contributed by atoms with Gasteiger partial charge in [-0.2, -0.15) is 0 Å². The van der Waals surface area contributed by atoms with Gasteiger partial charge in [-0.25, -0.2) is 8.78 Å². The minimum absolute atomic E-state index is 0.224. The zero-order chi connectivity index (χ0) is 13.8. The molecule has 2 aromatic rings. The summed E-state index contributed by atoms with van der Waals surface area (Å²) in [5.74, 6) is -1.08. The van der Waals surface area contributed by atoms with Crippen molar-refractivity contribution in [3.63, 3.8) is 0 Å². The number of nitrogens with one attached hydrogen (secondary N) is 1. The highest BCUT2D eigenvalue weighted by Crippen LogP contribution is 2.25. The Kier molecular flexibility index (Phi) is 4.43. The summed E-state index contributed by atoms with van der Waals surface area (Å²) in [5, 5.41) is 3.22. The van der Waals surface area contributed by atoms with Crippen molar-refractivity contribution >= 4 is 17.4 Å². The zero-order valence-electron chi connectivity index (χ0n) is 10.8. The second-order valence-corrected chi connectivity index (χ2v) is 5.14. The molecule has 1 unspecified atom stereocenters. The average Bonchev–Trinajstić information content (AvgIpc) is 2.38. The molecular weight excluding hydrogens is 264 g/mol. The predicted molar refractivity (Wildman–Crippen MR) is 76.6 cm³/mol. The van der Waals surface area contributed by atoms with E-state index in [4.69, 9.17) is 0 Å². The molecule has 4 heteroatoms. The Hall–Kier alpha value is -1.55. The van der Waals surface area contributed by atoms with Gasteiger partial charge in [-0.1, -0.05) is 12.1 Å². The van der Waals surface area contributed by atoms with Gasteiger partial charge in [-0.15, -0.1) is 11.8 Å². The third-order valence-electron chi connectivity index (χ3n) is 2.88. The lowest BCUT2D eigenvalue weighted by Crippen LogP contribution is -2.08. The van der Waals surface area contributed by atoms with E-state index in [0.717, 1.165) is 16.6 Å². The number of halogens is 2. The van der Waals surface area contributed by atoms with Crippen molar-refractivity contribution in [1.82, 2.24) is 0 Å². The van der Waals surface area contributed by atoms with Crippen molar-refractivity contribution in [2.75, 3.05) is 11.6 Å². The molecule has 0 amide bonds. The van der Waals surface area contributed by atoms with Gasteiger partial charge in [-0.3, -0.25) is 0 Å². The van der Waals surface area contributed by atoms with Crippen LogP contribution >= 0.6 is 11.8 Å². The van der Waals surface area contributed by atoms with E-state index in [1.54, 1.807) is 11.8 Å². The molecule has 0 bridgehead atoms. The number of hydrogen-bond donors (Lipinski definition) is 1. The molecule has 100 valence electrons. The van der Waals surface area contributed by atoms with Crippen LogP contribution in [0, 0.1) is 11.6 Å². The van der Waals surface area contributed by atoms with E-state index in [-0.39, 0.29) is 6.04 Å². The molecule has 0 aliphatic carbocycles. The molecule has 0 aromatic heterocycles. The van der Waals surface area contributed by atoms with Gasteiger partial charge in [0.1, 0.15) is 11.6 Å². The summed E-state index contributed by atoms with van der Waals surface area (Å²) in [6.45, 7) is 1.85. The Morgan fingerprint density at radius 1 is 1.11 bits per heavy atom. The molecule has 0 aliphatic rings. The molecule has 2 rings (SSSR count). The second-order valence-electron chi connectivity index (χ2n) is 4.26. The highest BCUT2D eigenvalue weighted by molar-refractivity contribution is 7.98. The molecule has 0 fully saturated rings.